The summed E-state index contributed by atoms with van der Waals surface area (Å²) in [7, 11) is 1.97. The van der Waals surface area contributed by atoms with Gasteiger partial charge in [0, 0.05) is 6.04 Å². The van der Waals surface area contributed by atoms with E-state index in [1.807, 2.05) is 7.05 Å². The van der Waals surface area contributed by atoms with Crippen LogP contribution in [0.2, 0.25) is 0 Å². The lowest BCUT2D eigenvalue weighted by Gasteiger charge is -2.05. The van der Waals surface area contributed by atoms with Crippen LogP contribution < -0.4 is 5.32 Å². The van der Waals surface area contributed by atoms with Crippen molar-refractivity contribution in [2.24, 2.45) is 0 Å². The number of benzene rings is 1. The Morgan fingerprint density at radius 2 is 2.00 bits per heavy atom. The summed E-state index contributed by atoms with van der Waals surface area (Å²) in [5, 5.41) is 3.18. The van der Waals surface area contributed by atoms with Gasteiger partial charge in [0.05, 0.1) is 0 Å². The van der Waals surface area contributed by atoms with Crippen molar-refractivity contribution in [2.75, 3.05) is 7.05 Å². The molecule has 0 radical (unpaired) electrons. The monoisotopic (exact) mass is 189 g/mol. The van der Waals surface area contributed by atoms with E-state index in [4.69, 9.17) is 0 Å². The lowest BCUT2D eigenvalue weighted by molar-refractivity contribution is 0.731. The van der Waals surface area contributed by atoms with Crippen LogP contribution in [0.15, 0.2) is 24.3 Å². The van der Waals surface area contributed by atoms with E-state index >= 15 is 0 Å². The summed E-state index contributed by atoms with van der Waals surface area (Å²) in [5.74, 6) is 0. The lowest BCUT2D eigenvalue weighted by atomic mass is 10.0. The second-order valence-corrected chi connectivity index (χ2v) is 3.80. The average Bonchev–Trinajstić information content (AvgIpc) is 2.19. The van der Waals surface area contributed by atoms with Gasteiger partial charge in [0.2, 0.25) is 0 Å². The van der Waals surface area contributed by atoms with E-state index in [1.165, 1.54) is 16.7 Å². The van der Waals surface area contributed by atoms with E-state index in [0.717, 1.165) is 0 Å². The van der Waals surface area contributed by atoms with Crippen LogP contribution in [0.3, 0.4) is 0 Å². The highest BCUT2D eigenvalue weighted by molar-refractivity contribution is 5.55. The highest BCUT2D eigenvalue weighted by Gasteiger charge is 1.95. The molecule has 0 aliphatic heterocycles. The predicted molar refractivity (Wildman–Crippen MR) is 63.5 cm³/mol. The number of rotatable bonds is 3. The smallest absolute Gasteiger partial charge is 0.0221 e. The van der Waals surface area contributed by atoms with E-state index in [2.05, 4.69) is 56.4 Å². The van der Waals surface area contributed by atoms with E-state index in [-0.39, 0.29) is 0 Å². The molecule has 0 heterocycles. The standard InChI is InChI=1S/C13H19N/c1-10-5-6-11(2)13(9-10)8-7-12(3)14-4/h5-9,12,14H,1-4H3/b8-7+. The maximum atomic E-state index is 3.18. The van der Waals surface area contributed by atoms with Crippen LogP contribution in [0, 0.1) is 13.8 Å². The van der Waals surface area contributed by atoms with Crippen molar-refractivity contribution < 1.29 is 0 Å². The predicted octanol–water partition coefficient (Wildman–Crippen LogP) is 2.92. The quantitative estimate of drug-likeness (QED) is 0.771. The third kappa shape index (κ3) is 3.00. The van der Waals surface area contributed by atoms with Gasteiger partial charge in [0.15, 0.2) is 0 Å². The molecule has 1 nitrogen and oxygen atoms in total. The number of nitrogens with one attached hydrogen (secondary N) is 1. The van der Waals surface area contributed by atoms with Crippen LogP contribution in [0.25, 0.3) is 6.08 Å². The topological polar surface area (TPSA) is 12.0 Å². The third-order valence-corrected chi connectivity index (χ3v) is 2.45. The van der Waals surface area contributed by atoms with Crippen molar-refractivity contribution in [1.82, 2.24) is 5.32 Å². The Balaban J connectivity index is 2.85. The van der Waals surface area contributed by atoms with Crippen LogP contribution in [0.4, 0.5) is 0 Å². The Bertz CT molecular complexity index is 326. The van der Waals surface area contributed by atoms with Gasteiger partial charge in [-0.3, -0.25) is 0 Å². The third-order valence-electron chi connectivity index (χ3n) is 2.45. The summed E-state index contributed by atoms with van der Waals surface area (Å²) in [6, 6.07) is 6.96. The fourth-order valence-corrected chi connectivity index (χ4v) is 1.28. The molecular formula is C13H19N. The number of hydrogen-bond donors (Lipinski definition) is 1. The molecule has 0 fully saturated rings. The summed E-state index contributed by atoms with van der Waals surface area (Å²) in [6.45, 7) is 6.41. The molecular weight excluding hydrogens is 170 g/mol. The van der Waals surface area contributed by atoms with Crippen LogP contribution in [-0.4, -0.2) is 13.1 Å². The Labute approximate surface area is 86.8 Å². The molecule has 1 rings (SSSR count). The molecule has 1 aromatic carbocycles. The fourth-order valence-electron chi connectivity index (χ4n) is 1.28. The maximum absolute atomic E-state index is 3.18. The van der Waals surface area contributed by atoms with E-state index in [9.17, 15) is 0 Å². The van der Waals surface area contributed by atoms with Gasteiger partial charge in [0.1, 0.15) is 0 Å². The molecule has 0 aromatic heterocycles. The molecule has 0 aliphatic carbocycles. The van der Waals surface area contributed by atoms with Crippen molar-refractivity contribution in [3.8, 4) is 0 Å². The van der Waals surface area contributed by atoms with Gasteiger partial charge >= 0.3 is 0 Å². The molecule has 0 amide bonds. The molecule has 0 spiro atoms. The van der Waals surface area contributed by atoms with Crippen LogP contribution in [-0.2, 0) is 0 Å². The Kier molecular flexibility index (Phi) is 3.90. The Morgan fingerprint density at radius 1 is 1.29 bits per heavy atom. The highest BCUT2D eigenvalue weighted by Crippen LogP contribution is 2.12. The Morgan fingerprint density at radius 3 is 2.64 bits per heavy atom. The first kappa shape index (κ1) is 11.0. The van der Waals surface area contributed by atoms with Crippen molar-refractivity contribution in [3.05, 3.63) is 41.0 Å². The van der Waals surface area contributed by atoms with Gasteiger partial charge < -0.3 is 5.32 Å². The summed E-state index contributed by atoms with van der Waals surface area (Å²) < 4.78 is 0. The summed E-state index contributed by atoms with van der Waals surface area (Å²) in [6.07, 6.45) is 4.37. The first-order valence-electron chi connectivity index (χ1n) is 5.06. The van der Waals surface area contributed by atoms with E-state index < -0.39 is 0 Å². The minimum absolute atomic E-state index is 0.426. The minimum Gasteiger partial charge on any atom is -0.314 e. The molecule has 0 bridgehead atoms. The molecule has 1 aromatic rings. The molecule has 0 saturated carbocycles. The van der Waals surface area contributed by atoms with Crippen LogP contribution in [0.5, 0.6) is 0 Å². The minimum atomic E-state index is 0.426. The molecule has 0 saturated heterocycles. The normalized spacial score (nSPS) is 13.4. The molecule has 1 unspecified atom stereocenters. The number of likely N-dealkylation sites (N-methyl/N-ethyl adjacent to an activating group) is 1. The molecule has 76 valence electrons. The summed E-state index contributed by atoms with van der Waals surface area (Å²) in [5.41, 5.74) is 3.95. The van der Waals surface area contributed by atoms with Gasteiger partial charge in [-0.05, 0) is 38.9 Å². The SMILES string of the molecule is CNC(C)/C=C/c1cc(C)ccc1C. The number of hydrogen-bond acceptors (Lipinski definition) is 1. The van der Waals surface area contributed by atoms with Crippen LogP contribution >= 0.6 is 0 Å². The second kappa shape index (κ2) is 4.97. The van der Waals surface area contributed by atoms with Gasteiger partial charge in [-0.25, -0.2) is 0 Å². The van der Waals surface area contributed by atoms with Crippen molar-refractivity contribution in [3.63, 3.8) is 0 Å². The zero-order valence-electron chi connectivity index (χ0n) is 9.46. The van der Waals surface area contributed by atoms with Gasteiger partial charge in [-0.1, -0.05) is 35.9 Å². The van der Waals surface area contributed by atoms with Crippen LogP contribution in [0.1, 0.15) is 23.6 Å². The average molecular weight is 189 g/mol. The molecule has 1 N–H and O–H groups in total. The van der Waals surface area contributed by atoms with Gasteiger partial charge in [-0.2, -0.15) is 0 Å². The Hall–Kier alpha value is -1.08. The van der Waals surface area contributed by atoms with Gasteiger partial charge in [0.25, 0.3) is 0 Å². The fraction of sp³-hybridized carbons (Fsp3) is 0.385. The first-order chi connectivity index (χ1) is 6.63. The zero-order valence-corrected chi connectivity index (χ0v) is 9.46. The molecule has 1 heteroatoms. The lowest BCUT2D eigenvalue weighted by Crippen LogP contribution is -2.17. The molecule has 1 atom stereocenters. The molecule has 0 aliphatic rings. The molecule has 14 heavy (non-hydrogen) atoms. The summed E-state index contributed by atoms with van der Waals surface area (Å²) in [4.78, 5) is 0. The van der Waals surface area contributed by atoms with E-state index in [0.29, 0.717) is 6.04 Å². The van der Waals surface area contributed by atoms with Crippen molar-refractivity contribution >= 4 is 6.08 Å². The van der Waals surface area contributed by atoms with E-state index in [1.54, 1.807) is 0 Å². The number of aryl methyl sites for hydroxylation is 2. The van der Waals surface area contributed by atoms with Crippen molar-refractivity contribution in [2.45, 2.75) is 26.8 Å². The highest BCUT2D eigenvalue weighted by atomic mass is 14.8. The maximum Gasteiger partial charge on any atom is 0.0221 e. The van der Waals surface area contributed by atoms with Gasteiger partial charge in [-0.15, -0.1) is 0 Å². The zero-order chi connectivity index (χ0) is 10.6. The largest absolute Gasteiger partial charge is 0.314 e. The second-order valence-electron chi connectivity index (χ2n) is 3.80. The summed E-state index contributed by atoms with van der Waals surface area (Å²) >= 11 is 0. The van der Waals surface area contributed by atoms with Crippen molar-refractivity contribution in [1.29, 1.82) is 0 Å². The first-order valence-corrected chi connectivity index (χ1v) is 5.06.